The molecule has 7 heteroatoms. The van der Waals surface area contributed by atoms with Gasteiger partial charge in [-0.15, -0.1) is 0 Å². The Morgan fingerprint density at radius 1 is 1.57 bits per heavy atom. The van der Waals surface area contributed by atoms with Crippen molar-refractivity contribution in [2.45, 2.75) is 13.0 Å². The minimum atomic E-state index is -1.03. The van der Waals surface area contributed by atoms with Crippen molar-refractivity contribution < 1.29 is 14.4 Å². The zero-order chi connectivity index (χ0) is 10.9. The second-order valence-corrected chi connectivity index (χ2v) is 2.85. The second-order valence-electron chi connectivity index (χ2n) is 2.85. The molecule has 1 heterocycles. The number of nitrogens with one attached hydrogen (secondary N) is 1. The highest BCUT2D eigenvalue weighted by Crippen LogP contribution is 2.03. The number of hydrogen-bond acceptors (Lipinski definition) is 4. The molecule has 0 spiro atoms. The van der Waals surface area contributed by atoms with Gasteiger partial charge in [0.05, 0.1) is 0 Å². The molecule has 4 amide bonds. The Kier molecular flexibility index (Phi) is 2.50. The zero-order valence-corrected chi connectivity index (χ0v) is 7.77. The van der Waals surface area contributed by atoms with Gasteiger partial charge in [0.1, 0.15) is 5.84 Å². The van der Waals surface area contributed by atoms with Crippen molar-refractivity contribution in [3.8, 4) is 0 Å². The molecule has 0 aromatic carbocycles. The van der Waals surface area contributed by atoms with E-state index in [4.69, 9.17) is 5.73 Å². The fraction of sp³-hybridized carbons (Fsp3) is 0.429. The average molecular weight is 198 g/mol. The first kappa shape index (κ1) is 10.2. The first-order chi connectivity index (χ1) is 6.43. The van der Waals surface area contributed by atoms with Crippen molar-refractivity contribution in [3.63, 3.8) is 0 Å². The molecule has 7 nitrogen and oxygen atoms in total. The molecule has 76 valence electrons. The molecule has 1 unspecified atom stereocenters. The van der Waals surface area contributed by atoms with Crippen LogP contribution in [0.25, 0.3) is 0 Å². The molecule has 0 aromatic heterocycles. The van der Waals surface area contributed by atoms with Crippen LogP contribution in [0.2, 0.25) is 0 Å². The van der Waals surface area contributed by atoms with Crippen LogP contribution in [0.1, 0.15) is 6.92 Å². The number of urea groups is 1. The molecule has 0 aromatic rings. The molecule has 0 radical (unpaired) electrons. The number of hydrogen-bond donors (Lipinski definition) is 2. The van der Waals surface area contributed by atoms with Gasteiger partial charge in [-0.2, -0.15) is 4.99 Å². The monoisotopic (exact) mass is 198 g/mol. The predicted octanol–water partition coefficient (Wildman–Crippen LogP) is -1.56. The molecule has 0 aliphatic carbocycles. The lowest BCUT2D eigenvalue weighted by molar-refractivity contribution is -0.131. The Bertz CT molecular complexity index is 336. The number of likely N-dealkylation sites (N-methyl/N-ethyl adjacent to an activating group) is 1. The van der Waals surface area contributed by atoms with Crippen molar-refractivity contribution in [1.29, 1.82) is 0 Å². The van der Waals surface area contributed by atoms with Gasteiger partial charge in [0.15, 0.2) is 6.04 Å². The van der Waals surface area contributed by atoms with Gasteiger partial charge in [-0.05, 0) is 0 Å². The fourth-order valence-electron chi connectivity index (χ4n) is 1.00. The zero-order valence-electron chi connectivity index (χ0n) is 7.77. The number of amides is 4. The van der Waals surface area contributed by atoms with Crippen LogP contribution < -0.4 is 11.1 Å². The Balaban J connectivity index is 2.95. The predicted molar refractivity (Wildman–Crippen MR) is 47.4 cm³/mol. The van der Waals surface area contributed by atoms with Crippen LogP contribution in [0.3, 0.4) is 0 Å². The smallest absolute Gasteiger partial charge is 0.351 e. The third-order valence-corrected chi connectivity index (χ3v) is 1.73. The van der Waals surface area contributed by atoms with Gasteiger partial charge >= 0.3 is 6.03 Å². The number of carbonyl (C=O) groups excluding carboxylic acids is 3. The maximum absolute atomic E-state index is 11.4. The lowest BCUT2D eigenvalue weighted by Crippen LogP contribution is -2.58. The van der Waals surface area contributed by atoms with E-state index in [1.807, 2.05) is 0 Å². The van der Waals surface area contributed by atoms with Gasteiger partial charge in [-0.3, -0.25) is 14.5 Å². The van der Waals surface area contributed by atoms with Gasteiger partial charge in [0.2, 0.25) is 5.91 Å². The highest BCUT2D eigenvalue weighted by atomic mass is 16.2. The Hall–Kier alpha value is -1.92. The Labute approximate surface area is 80.0 Å². The number of aliphatic imine (C=N–C) groups is 1. The summed E-state index contributed by atoms with van der Waals surface area (Å²) in [6, 6.07) is -1.76. The SMILES string of the molecule is CC(=O)NC1C(=O)N(C)C(=O)N=C1N. The topological polar surface area (TPSA) is 105 Å². The van der Waals surface area contributed by atoms with E-state index >= 15 is 0 Å². The van der Waals surface area contributed by atoms with Crippen molar-refractivity contribution in [2.24, 2.45) is 10.7 Å². The maximum Gasteiger partial charge on any atom is 0.351 e. The summed E-state index contributed by atoms with van der Waals surface area (Å²) in [6.07, 6.45) is 0. The number of nitrogens with zero attached hydrogens (tertiary/aromatic N) is 2. The third-order valence-electron chi connectivity index (χ3n) is 1.73. The molecule has 0 fully saturated rings. The van der Waals surface area contributed by atoms with Crippen LogP contribution in [0.15, 0.2) is 4.99 Å². The average Bonchev–Trinajstić information content (AvgIpc) is 2.09. The van der Waals surface area contributed by atoms with Crippen LogP contribution in [0.4, 0.5) is 4.79 Å². The molecule has 14 heavy (non-hydrogen) atoms. The molecule has 1 rings (SSSR count). The number of nitrogens with two attached hydrogens (primary N) is 1. The van der Waals surface area contributed by atoms with E-state index in [0.717, 1.165) is 4.90 Å². The van der Waals surface area contributed by atoms with E-state index in [1.54, 1.807) is 0 Å². The molecule has 0 saturated heterocycles. The maximum atomic E-state index is 11.4. The minimum Gasteiger partial charge on any atom is -0.385 e. The Morgan fingerprint density at radius 3 is 2.64 bits per heavy atom. The summed E-state index contributed by atoms with van der Waals surface area (Å²) >= 11 is 0. The highest BCUT2D eigenvalue weighted by Gasteiger charge is 2.34. The lowest BCUT2D eigenvalue weighted by Gasteiger charge is -2.25. The molecule has 1 aliphatic rings. The number of amidine groups is 1. The molecular weight excluding hydrogens is 188 g/mol. The van der Waals surface area contributed by atoms with Gasteiger partial charge in [0.25, 0.3) is 5.91 Å². The number of rotatable bonds is 1. The largest absolute Gasteiger partial charge is 0.385 e. The highest BCUT2D eigenvalue weighted by molar-refractivity contribution is 6.18. The normalized spacial score (nSPS) is 22.0. The van der Waals surface area contributed by atoms with Crippen molar-refractivity contribution in [1.82, 2.24) is 10.2 Å². The van der Waals surface area contributed by atoms with Crippen molar-refractivity contribution in [2.75, 3.05) is 7.05 Å². The van der Waals surface area contributed by atoms with Gasteiger partial charge in [-0.1, -0.05) is 0 Å². The summed E-state index contributed by atoms with van der Waals surface area (Å²) in [5, 5.41) is 2.29. The van der Waals surface area contributed by atoms with E-state index in [0.29, 0.717) is 0 Å². The summed E-state index contributed by atoms with van der Waals surface area (Å²) in [5.41, 5.74) is 5.34. The van der Waals surface area contributed by atoms with E-state index in [1.165, 1.54) is 14.0 Å². The van der Waals surface area contributed by atoms with Crippen LogP contribution in [0, 0.1) is 0 Å². The van der Waals surface area contributed by atoms with E-state index in [9.17, 15) is 14.4 Å². The van der Waals surface area contributed by atoms with Gasteiger partial charge < -0.3 is 11.1 Å². The number of imide groups is 1. The van der Waals surface area contributed by atoms with Crippen molar-refractivity contribution >= 4 is 23.7 Å². The van der Waals surface area contributed by atoms with Gasteiger partial charge in [0, 0.05) is 14.0 Å². The molecule has 3 N–H and O–H groups in total. The molecule has 0 bridgehead atoms. The van der Waals surface area contributed by atoms with E-state index in [2.05, 4.69) is 10.3 Å². The van der Waals surface area contributed by atoms with Crippen LogP contribution >= 0.6 is 0 Å². The quantitative estimate of drug-likeness (QED) is 0.531. The van der Waals surface area contributed by atoms with Crippen LogP contribution in [0.5, 0.6) is 0 Å². The third kappa shape index (κ3) is 1.70. The van der Waals surface area contributed by atoms with E-state index in [-0.39, 0.29) is 5.84 Å². The first-order valence-electron chi connectivity index (χ1n) is 3.86. The van der Waals surface area contributed by atoms with E-state index < -0.39 is 23.9 Å². The van der Waals surface area contributed by atoms with Crippen LogP contribution in [-0.4, -0.2) is 41.7 Å². The molecular formula is C7H10N4O3. The number of carbonyl (C=O) groups is 3. The standard InChI is InChI=1S/C7H10N4O3/c1-3(12)9-4-5(8)10-7(14)11(2)6(4)13/h4H,1-2H3,(H,9,12)(H2,8,10,14). The second kappa shape index (κ2) is 3.44. The minimum absolute atomic E-state index is 0.187. The molecule has 1 atom stereocenters. The Morgan fingerprint density at radius 2 is 2.14 bits per heavy atom. The lowest BCUT2D eigenvalue weighted by atomic mass is 10.2. The first-order valence-corrected chi connectivity index (χ1v) is 3.86. The summed E-state index contributed by atoms with van der Waals surface area (Å²) in [6.45, 7) is 1.25. The van der Waals surface area contributed by atoms with Crippen molar-refractivity contribution in [3.05, 3.63) is 0 Å². The summed E-state index contributed by atoms with van der Waals surface area (Å²) < 4.78 is 0. The summed E-state index contributed by atoms with van der Waals surface area (Å²) in [4.78, 5) is 37.3. The van der Waals surface area contributed by atoms with Gasteiger partial charge in [-0.25, -0.2) is 4.79 Å². The molecule has 1 aliphatic heterocycles. The molecule has 0 saturated carbocycles. The summed E-state index contributed by atoms with van der Waals surface area (Å²) in [5.74, 6) is -1.18. The fourth-order valence-corrected chi connectivity index (χ4v) is 1.00. The summed E-state index contributed by atoms with van der Waals surface area (Å²) in [7, 11) is 1.27. The van der Waals surface area contributed by atoms with Crippen LogP contribution in [-0.2, 0) is 9.59 Å².